The van der Waals surface area contributed by atoms with Crippen molar-refractivity contribution in [2.75, 3.05) is 5.73 Å². The van der Waals surface area contributed by atoms with Crippen LogP contribution in [-0.4, -0.2) is 0 Å². The van der Waals surface area contributed by atoms with E-state index in [0.717, 1.165) is 17.8 Å². The molecular weight excluding hydrogens is 232 g/mol. The lowest BCUT2D eigenvalue weighted by Crippen LogP contribution is -2.48. The summed E-state index contributed by atoms with van der Waals surface area (Å²) in [5.41, 5.74) is 8.91. The van der Waals surface area contributed by atoms with Crippen LogP contribution < -0.4 is 5.73 Å². The van der Waals surface area contributed by atoms with Crippen LogP contribution in [0, 0.1) is 29.1 Å². The van der Waals surface area contributed by atoms with Crippen LogP contribution in [0.15, 0.2) is 18.2 Å². The SMILES string of the molecule is N#Cc1cc(C23CC4CC(CC(C4)C2)C3)ccc1N. The normalized spacial score (nSPS) is 39.2. The van der Waals surface area contributed by atoms with Gasteiger partial charge in [-0.15, -0.1) is 0 Å². The van der Waals surface area contributed by atoms with E-state index >= 15 is 0 Å². The van der Waals surface area contributed by atoms with Crippen molar-refractivity contribution in [1.29, 1.82) is 5.26 Å². The lowest BCUT2D eigenvalue weighted by Gasteiger charge is -2.57. The molecule has 19 heavy (non-hydrogen) atoms. The maximum atomic E-state index is 9.19. The molecule has 1 aromatic carbocycles. The minimum atomic E-state index is 0.369. The van der Waals surface area contributed by atoms with Crippen molar-refractivity contribution in [3.63, 3.8) is 0 Å². The Morgan fingerprint density at radius 3 is 2.16 bits per heavy atom. The second-order valence-corrected chi connectivity index (χ2v) is 7.11. The molecule has 0 spiro atoms. The van der Waals surface area contributed by atoms with Gasteiger partial charge in [0.05, 0.1) is 5.56 Å². The summed E-state index contributed by atoms with van der Waals surface area (Å²) in [5.74, 6) is 2.82. The molecule has 5 rings (SSSR count). The molecule has 0 unspecified atom stereocenters. The quantitative estimate of drug-likeness (QED) is 0.776. The van der Waals surface area contributed by atoms with Gasteiger partial charge in [-0.3, -0.25) is 0 Å². The second-order valence-electron chi connectivity index (χ2n) is 7.11. The Morgan fingerprint density at radius 1 is 1.05 bits per heavy atom. The second kappa shape index (κ2) is 3.76. The zero-order valence-corrected chi connectivity index (χ0v) is 11.2. The summed E-state index contributed by atoms with van der Waals surface area (Å²) >= 11 is 0. The molecule has 0 atom stereocenters. The fourth-order valence-corrected chi connectivity index (χ4v) is 5.45. The van der Waals surface area contributed by atoms with Crippen LogP contribution in [0.4, 0.5) is 5.69 Å². The highest BCUT2D eigenvalue weighted by molar-refractivity contribution is 5.56. The Balaban J connectivity index is 1.78. The topological polar surface area (TPSA) is 49.8 Å². The van der Waals surface area contributed by atoms with Gasteiger partial charge in [0.25, 0.3) is 0 Å². The summed E-state index contributed by atoms with van der Waals surface area (Å²) in [6.07, 6.45) is 8.40. The van der Waals surface area contributed by atoms with Crippen molar-refractivity contribution in [3.8, 4) is 6.07 Å². The van der Waals surface area contributed by atoms with Crippen molar-refractivity contribution in [3.05, 3.63) is 29.3 Å². The smallest absolute Gasteiger partial charge is 0.101 e. The van der Waals surface area contributed by atoms with Crippen LogP contribution in [0.3, 0.4) is 0 Å². The van der Waals surface area contributed by atoms with Crippen LogP contribution in [0.2, 0.25) is 0 Å². The average Bonchev–Trinajstić information content (AvgIpc) is 2.37. The summed E-state index contributed by atoms with van der Waals surface area (Å²) < 4.78 is 0. The van der Waals surface area contributed by atoms with E-state index in [1.54, 1.807) is 0 Å². The van der Waals surface area contributed by atoms with Gasteiger partial charge in [-0.1, -0.05) is 6.07 Å². The van der Waals surface area contributed by atoms with Gasteiger partial charge in [0.1, 0.15) is 6.07 Å². The molecule has 1 aromatic rings. The van der Waals surface area contributed by atoms with E-state index in [0.29, 0.717) is 16.7 Å². The first kappa shape index (κ1) is 11.3. The van der Waals surface area contributed by atoms with Gasteiger partial charge < -0.3 is 5.73 Å². The van der Waals surface area contributed by atoms with Gasteiger partial charge in [-0.2, -0.15) is 5.26 Å². The Morgan fingerprint density at radius 2 is 1.63 bits per heavy atom. The molecule has 4 saturated carbocycles. The van der Waals surface area contributed by atoms with Crippen LogP contribution in [0.5, 0.6) is 0 Å². The van der Waals surface area contributed by atoms with E-state index in [1.165, 1.54) is 44.1 Å². The first-order valence-corrected chi connectivity index (χ1v) is 7.49. The Hall–Kier alpha value is -1.49. The van der Waals surface area contributed by atoms with Gasteiger partial charge in [0, 0.05) is 5.69 Å². The number of nitrogens with zero attached hydrogens (tertiary/aromatic N) is 1. The molecule has 0 aliphatic heterocycles. The molecule has 0 radical (unpaired) electrons. The van der Waals surface area contributed by atoms with E-state index in [9.17, 15) is 5.26 Å². The van der Waals surface area contributed by atoms with E-state index < -0.39 is 0 Å². The predicted molar refractivity (Wildman–Crippen MR) is 75.4 cm³/mol. The highest BCUT2D eigenvalue weighted by atomic mass is 14.6. The standard InChI is InChI=1S/C17H20N2/c18-10-14-6-15(1-2-16(14)19)17-7-11-3-12(8-17)5-13(4-11)9-17/h1-2,6,11-13H,3-5,7-9,19H2. The molecular formula is C17H20N2. The molecule has 2 nitrogen and oxygen atoms in total. The number of hydrogen-bond acceptors (Lipinski definition) is 2. The molecule has 4 aliphatic carbocycles. The van der Waals surface area contributed by atoms with Gasteiger partial charge in [-0.25, -0.2) is 0 Å². The number of hydrogen-bond donors (Lipinski definition) is 1. The molecule has 0 saturated heterocycles. The van der Waals surface area contributed by atoms with Crippen molar-refractivity contribution >= 4 is 5.69 Å². The number of benzene rings is 1. The van der Waals surface area contributed by atoms with Gasteiger partial charge in [-0.05, 0) is 79.4 Å². The maximum absolute atomic E-state index is 9.19. The van der Waals surface area contributed by atoms with E-state index in [4.69, 9.17) is 5.73 Å². The minimum Gasteiger partial charge on any atom is -0.398 e. The van der Waals surface area contributed by atoms with E-state index in [2.05, 4.69) is 18.2 Å². The average molecular weight is 252 g/mol. The lowest BCUT2D eigenvalue weighted by atomic mass is 9.48. The van der Waals surface area contributed by atoms with Crippen LogP contribution >= 0.6 is 0 Å². The number of rotatable bonds is 1. The fourth-order valence-electron chi connectivity index (χ4n) is 5.45. The highest BCUT2D eigenvalue weighted by Crippen LogP contribution is 2.60. The molecule has 0 aromatic heterocycles. The monoisotopic (exact) mass is 252 g/mol. The zero-order chi connectivity index (χ0) is 13.0. The molecule has 2 N–H and O–H groups in total. The molecule has 2 heteroatoms. The third-order valence-corrected chi connectivity index (χ3v) is 5.82. The lowest BCUT2D eigenvalue weighted by molar-refractivity contribution is -0.00518. The van der Waals surface area contributed by atoms with Gasteiger partial charge >= 0.3 is 0 Å². The van der Waals surface area contributed by atoms with Crippen LogP contribution in [0.25, 0.3) is 0 Å². The Kier molecular flexibility index (Phi) is 2.24. The summed E-state index contributed by atoms with van der Waals surface area (Å²) in [6, 6.07) is 8.44. The van der Waals surface area contributed by atoms with Crippen molar-refractivity contribution < 1.29 is 0 Å². The van der Waals surface area contributed by atoms with E-state index in [-0.39, 0.29) is 0 Å². The predicted octanol–water partition coefficient (Wildman–Crippen LogP) is 3.61. The Bertz CT molecular complexity index is 532. The molecule has 0 amide bonds. The molecule has 4 fully saturated rings. The van der Waals surface area contributed by atoms with Crippen molar-refractivity contribution in [1.82, 2.24) is 0 Å². The van der Waals surface area contributed by atoms with Gasteiger partial charge in [0.2, 0.25) is 0 Å². The third kappa shape index (κ3) is 1.61. The van der Waals surface area contributed by atoms with Crippen molar-refractivity contribution in [2.45, 2.75) is 43.9 Å². The third-order valence-electron chi connectivity index (χ3n) is 5.82. The number of nitrogen functional groups attached to an aromatic ring is 1. The Labute approximate surface area is 114 Å². The molecule has 4 bridgehead atoms. The summed E-state index contributed by atoms with van der Waals surface area (Å²) in [5, 5.41) is 9.19. The van der Waals surface area contributed by atoms with E-state index in [1.807, 2.05) is 6.07 Å². The fraction of sp³-hybridized carbons (Fsp3) is 0.588. The molecule has 4 aliphatic rings. The number of nitriles is 1. The number of nitrogens with two attached hydrogens (primary N) is 1. The highest BCUT2D eigenvalue weighted by Gasteiger charge is 2.51. The largest absolute Gasteiger partial charge is 0.398 e. The van der Waals surface area contributed by atoms with Crippen molar-refractivity contribution in [2.24, 2.45) is 17.8 Å². The first-order valence-electron chi connectivity index (χ1n) is 7.49. The number of anilines is 1. The first-order chi connectivity index (χ1) is 9.18. The van der Waals surface area contributed by atoms with Crippen LogP contribution in [-0.2, 0) is 5.41 Å². The molecule has 0 heterocycles. The maximum Gasteiger partial charge on any atom is 0.101 e. The summed E-state index contributed by atoms with van der Waals surface area (Å²) in [6.45, 7) is 0. The minimum absolute atomic E-state index is 0.369. The summed E-state index contributed by atoms with van der Waals surface area (Å²) in [7, 11) is 0. The molecule has 98 valence electrons. The summed E-state index contributed by atoms with van der Waals surface area (Å²) in [4.78, 5) is 0. The van der Waals surface area contributed by atoms with Gasteiger partial charge in [0.15, 0.2) is 0 Å². The van der Waals surface area contributed by atoms with Crippen LogP contribution in [0.1, 0.15) is 49.7 Å². The zero-order valence-electron chi connectivity index (χ0n) is 11.2.